The molecule has 1 saturated carbocycles. The molecule has 2 atom stereocenters. The quantitative estimate of drug-likeness (QED) is 0.892. The van der Waals surface area contributed by atoms with E-state index in [9.17, 15) is 5.26 Å². The van der Waals surface area contributed by atoms with Gasteiger partial charge >= 0.3 is 0 Å². The van der Waals surface area contributed by atoms with Crippen molar-refractivity contribution >= 4 is 11.8 Å². The van der Waals surface area contributed by atoms with Gasteiger partial charge in [-0.2, -0.15) is 17.0 Å². The van der Waals surface area contributed by atoms with E-state index in [4.69, 9.17) is 4.42 Å². The lowest BCUT2D eigenvalue weighted by Gasteiger charge is -2.37. The summed E-state index contributed by atoms with van der Waals surface area (Å²) in [6.07, 6.45) is 5.96. The molecule has 0 radical (unpaired) electrons. The Bertz CT molecular complexity index is 424. The van der Waals surface area contributed by atoms with E-state index >= 15 is 0 Å². The molecule has 3 nitrogen and oxygen atoms in total. The van der Waals surface area contributed by atoms with Crippen LogP contribution < -0.4 is 5.32 Å². The van der Waals surface area contributed by atoms with Crippen molar-refractivity contribution in [1.29, 1.82) is 5.26 Å². The molecule has 1 aromatic heterocycles. The van der Waals surface area contributed by atoms with E-state index in [1.54, 1.807) is 6.26 Å². The smallest absolute Gasteiger partial charge is 0.113 e. The molecule has 2 rings (SSSR count). The van der Waals surface area contributed by atoms with Gasteiger partial charge in [0.1, 0.15) is 11.3 Å². The Morgan fingerprint density at radius 2 is 2.47 bits per heavy atom. The van der Waals surface area contributed by atoms with Gasteiger partial charge in [-0.3, -0.25) is 5.32 Å². The summed E-state index contributed by atoms with van der Waals surface area (Å²) in [7, 11) is 0. The molecule has 104 valence electrons. The standard InChI is InChI=1S/C15H22N2OS/c1-12(2)17-15(11-16)7-3-6-14(9-15)19-10-13-5-4-8-18-13/h4-5,8,12,14,17H,3,6-7,9-10H2,1-2H3. The maximum Gasteiger partial charge on any atom is 0.113 e. The average Bonchev–Trinajstić information content (AvgIpc) is 2.89. The van der Waals surface area contributed by atoms with Crippen molar-refractivity contribution in [2.75, 3.05) is 0 Å². The van der Waals surface area contributed by atoms with Crippen molar-refractivity contribution in [2.24, 2.45) is 0 Å². The van der Waals surface area contributed by atoms with Crippen LogP contribution in [0, 0.1) is 11.3 Å². The van der Waals surface area contributed by atoms with Gasteiger partial charge in [0.15, 0.2) is 0 Å². The van der Waals surface area contributed by atoms with E-state index in [1.807, 2.05) is 23.9 Å². The van der Waals surface area contributed by atoms with Crippen molar-refractivity contribution < 1.29 is 4.42 Å². The summed E-state index contributed by atoms with van der Waals surface area (Å²) in [5.41, 5.74) is -0.326. The Morgan fingerprint density at radius 1 is 1.63 bits per heavy atom. The normalized spacial score (nSPS) is 27.4. The summed E-state index contributed by atoms with van der Waals surface area (Å²) in [6, 6.07) is 6.82. The monoisotopic (exact) mass is 278 g/mol. The van der Waals surface area contributed by atoms with Crippen LogP contribution in [0.15, 0.2) is 22.8 Å². The molecular formula is C15H22N2OS. The summed E-state index contributed by atoms with van der Waals surface area (Å²) < 4.78 is 5.37. The Balaban J connectivity index is 1.90. The highest BCUT2D eigenvalue weighted by atomic mass is 32.2. The Kier molecular flexibility index (Phi) is 4.95. The highest BCUT2D eigenvalue weighted by molar-refractivity contribution is 7.99. The third-order valence-corrected chi connectivity index (χ3v) is 4.85. The van der Waals surface area contributed by atoms with Gasteiger partial charge in [0.25, 0.3) is 0 Å². The zero-order chi connectivity index (χ0) is 13.7. The van der Waals surface area contributed by atoms with Crippen LogP contribution >= 0.6 is 11.8 Å². The van der Waals surface area contributed by atoms with Gasteiger partial charge < -0.3 is 4.42 Å². The first-order chi connectivity index (χ1) is 9.13. The molecule has 19 heavy (non-hydrogen) atoms. The van der Waals surface area contributed by atoms with Crippen molar-refractivity contribution in [3.05, 3.63) is 24.2 Å². The Labute approximate surface area is 119 Å². The topological polar surface area (TPSA) is 49.0 Å². The highest BCUT2D eigenvalue weighted by Gasteiger charge is 2.37. The minimum Gasteiger partial charge on any atom is -0.468 e. The van der Waals surface area contributed by atoms with Gasteiger partial charge in [-0.25, -0.2) is 0 Å². The second-order valence-corrected chi connectivity index (χ2v) is 6.89. The lowest BCUT2D eigenvalue weighted by atomic mass is 9.82. The second kappa shape index (κ2) is 6.49. The molecule has 0 saturated heterocycles. The number of nitriles is 1. The van der Waals surface area contributed by atoms with E-state index < -0.39 is 0 Å². The number of thioether (sulfide) groups is 1. The maximum absolute atomic E-state index is 9.52. The van der Waals surface area contributed by atoms with E-state index in [0.29, 0.717) is 11.3 Å². The fraction of sp³-hybridized carbons (Fsp3) is 0.667. The molecule has 1 N–H and O–H groups in total. The van der Waals surface area contributed by atoms with Crippen LogP contribution in [-0.2, 0) is 5.75 Å². The van der Waals surface area contributed by atoms with E-state index in [0.717, 1.165) is 30.8 Å². The van der Waals surface area contributed by atoms with Crippen LogP contribution in [0.4, 0.5) is 0 Å². The average molecular weight is 278 g/mol. The highest BCUT2D eigenvalue weighted by Crippen LogP contribution is 2.36. The van der Waals surface area contributed by atoms with Crippen molar-refractivity contribution in [3.63, 3.8) is 0 Å². The van der Waals surface area contributed by atoms with Crippen LogP contribution in [0.2, 0.25) is 0 Å². The molecule has 0 amide bonds. The van der Waals surface area contributed by atoms with Gasteiger partial charge in [0, 0.05) is 11.3 Å². The zero-order valence-corrected chi connectivity index (χ0v) is 12.5. The molecule has 0 aliphatic heterocycles. The Hall–Kier alpha value is -0.920. The summed E-state index contributed by atoms with van der Waals surface area (Å²) in [6.45, 7) is 4.22. The third-order valence-electron chi connectivity index (χ3n) is 3.53. The molecule has 4 heteroatoms. The SMILES string of the molecule is CC(C)NC1(C#N)CCCC(SCc2ccco2)C1. The van der Waals surface area contributed by atoms with Crippen LogP contribution in [0.5, 0.6) is 0 Å². The minimum atomic E-state index is -0.326. The maximum atomic E-state index is 9.52. The number of nitrogens with one attached hydrogen (secondary N) is 1. The number of hydrogen-bond donors (Lipinski definition) is 1. The van der Waals surface area contributed by atoms with Gasteiger partial charge in [-0.05, 0) is 51.7 Å². The van der Waals surface area contributed by atoms with E-state index in [2.05, 4.69) is 25.2 Å². The molecule has 0 bridgehead atoms. The van der Waals surface area contributed by atoms with Crippen LogP contribution in [-0.4, -0.2) is 16.8 Å². The van der Waals surface area contributed by atoms with Crippen LogP contribution in [0.3, 0.4) is 0 Å². The molecule has 1 heterocycles. The zero-order valence-electron chi connectivity index (χ0n) is 11.7. The van der Waals surface area contributed by atoms with Gasteiger partial charge in [0.05, 0.1) is 18.1 Å². The molecule has 1 aliphatic rings. The molecule has 0 spiro atoms. The van der Waals surface area contributed by atoms with Crippen LogP contribution in [0.25, 0.3) is 0 Å². The Morgan fingerprint density at radius 3 is 3.11 bits per heavy atom. The van der Waals surface area contributed by atoms with Crippen LogP contribution in [0.1, 0.15) is 45.3 Å². The number of furan rings is 1. The van der Waals surface area contributed by atoms with Crippen molar-refractivity contribution in [2.45, 2.75) is 62.1 Å². The summed E-state index contributed by atoms with van der Waals surface area (Å²) >= 11 is 1.91. The summed E-state index contributed by atoms with van der Waals surface area (Å²) in [4.78, 5) is 0. The molecule has 2 unspecified atom stereocenters. The van der Waals surface area contributed by atoms with E-state index in [-0.39, 0.29) is 5.54 Å². The second-order valence-electron chi connectivity index (χ2n) is 5.60. The number of nitrogens with zero attached hydrogens (tertiary/aromatic N) is 1. The number of rotatable bonds is 5. The predicted molar refractivity (Wildman–Crippen MR) is 78.9 cm³/mol. The fourth-order valence-electron chi connectivity index (χ4n) is 2.78. The number of hydrogen-bond acceptors (Lipinski definition) is 4. The van der Waals surface area contributed by atoms with Crippen molar-refractivity contribution in [1.82, 2.24) is 5.32 Å². The molecule has 1 aliphatic carbocycles. The molecule has 0 aromatic carbocycles. The van der Waals surface area contributed by atoms with Crippen molar-refractivity contribution in [3.8, 4) is 6.07 Å². The molecule has 1 fully saturated rings. The molecular weight excluding hydrogens is 256 g/mol. The summed E-state index contributed by atoms with van der Waals surface area (Å²) in [5, 5.41) is 13.5. The first-order valence-electron chi connectivity index (χ1n) is 6.96. The largest absolute Gasteiger partial charge is 0.468 e. The molecule has 1 aromatic rings. The lowest BCUT2D eigenvalue weighted by Crippen LogP contribution is -2.51. The fourth-order valence-corrected chi connectivity index (χ4v) is 4.08. The van der Waals surface area contributed by atoms with Gasteiger partial charge in [-0.15, -0.1) is 0 Å². The van der Waals surface area contributed by atoms with E-state index in [1.165, 1.54) is 6.42 Å². The predicted octanol–water partition coefficient (Wildman–Crippen LogP) is 3.72. The first-order valence-corrected chi connectivity index (χ1v) is 8.01. The first kappa shape index (κ1) is 14.5. The van der Waals surface area contributed by atoms with Gasteiger partial charge in [-0.1, -0.05) is 0 Å². The third kappa shape index (κ3) is 4.02. The lowest BCUT2D eigenvalue weighted by molar-refractivity contribution is 0.284. The summed E-state index contributed by atoms with van der Waals surface area (Å²) in [5.74, 6) is 1.93. The minimum absolute atomic E-state index is 0.326. The van der Waals surface area contributed by atoms with Gasteiger partial charge in [0.2, 0.25) is 0 Å².